The lowest BCUT2D eigenvalue weighted by Gasteiger charge is -2.18. The van der Waals surface area contributed by atoms with E-state index in [4.69, 9.17) is 22.7 Å². The molecule has 0 unspecified atom stereocenters. The van der Waals surface area contributed by atoms with Gasteiger partial charge in [0.05, 0.1) is 0 Å². The quantitative estimate of drug-likeness (QED) is 0.247. The normalized spacial score (nSPS) is 12.2. The van der Waals surface area contributed by atoms with Gasteiger partial charge in [0.15, 0.2) is 5.96 Å². The largest absolute Gasteiger partial charge is 0.370 e. The van der Waals surface area contributed by atoms with Crippen molar-refractivity contribution in [3.05, 3.63) is 65.4 Å². The first-order chi connectivity index (χ1) is 14.3. The van der Waals surface area contributed by atoms with Gasteiger partial charge in [-0.1, -0.05) is 30.7 Å². The maximum absolute atomic E-state index is 12.3. The third kappa shape index (κ3) is 3.76. The molecule has 3 N–H and O–H groups in total. The molecule has 0 saturated carbocycles. The second-order valence-electron chi connectivity index (χ2n) is 7.35. The third-order valence-corrected chi connectivity index (χ3v) is 6.80. The second kappa shape index (κ2) is 8.05. The van der Waals surface area contributed by atoms with Crippen LogP contribution in [0.1, 0.15) is 24.8 Å². The standard InChI is InChI=1S/C23H21ClN4OS/c1-13(10-21(29)28(2)23(25)26)14-5-7-19-17(11-14)18-12-15(6-8-20(18)30-19)16-4-3-9-27-22(16)24/h3-9,11-13H,10H2,1-2H3,(H3,25,26)/t13-/m1/s1. The summed E-state index contributed by atoms with van der Waals surface area (Å²) in [6.45, 7) is 2.02. The van der Waals surface area contributed by atoms with E-state index in [1.165, 1.54) is 21.3 Å². The highest BCUT2D eigenvalue weighted by molar-refractivity contribution is 7.25. The van der Waals surface area contributed by atoms with E-state index in [2.05, 4.69) is 41.4 Å². The number of aromatic nitrogens is 1. The number of halogens is 1. The maximum atomic E-state index is 12.3. The monoisotopic (exact) mass is 436 g/mol. The highest BCUT2D eigenvalue weighted by Crippen LogP contribution is 2.38. The van der Waals surface area contributed by atoms with E-state index in [0.717, 1.165) is 27.5 Å². The summed E-state index contributed by atoms with van der Waals surface area (Å²) in [6.07, 6.45) is 1.98. The molecule has 5 nitrogen and oxygen atoms in total. The number of nitrogens with zero attached hydrogens (tertiary/aromatic N) is 2. The first-order valence-electron chi connectivity index (χ1n) is 9.53. The number of fused-ring (bicyclic) bond motifs is 3. The van der Waals surface area contributed by atoms with Crippen LogP contribution in [0.3, 0.4) is 0 Å². The Hall–Kier alpha value is -2.96. The van der Waals surface area contributed by atoms with Crippen LogP contribution < -0.4 is 5.73 Å². The molecule has 0 aliphatic heterocycles. The van der Waals surface area contributed by atoms with Crippen molar-refractivity contribution in [2.45, 2.75) is 19.3 Å². The van der Waals surface area contributed by atoms with Gasteiger partial charge in [-0.2, -0.15) is 0 Å². The first-order valence-corrected chi connectivity index (χ1v) is 10.7. The number of thiophene rings is 1. The van der Waals surface area contributed by atoms with Crippen molar-refractivity contribution in [3.8, 4) is 11.1 Å². The SMILES string of the molecule is C[C@H](CC(=O)N(C)C(=N)N)c1ccc2sc3ccc(-c4cccnc4Cl)cc3c2c1. The van der Waals surface area contributed by atoms with Gasteiger partial charge in [-0.25, -0.2) is 4.98 Å². The predicted molar refractivity (Wildman–Crippen MR) is 125 cm³/mol. The van der Waals surface area contributed by atoms with E-state index in [1.54, 1.807) is 17.5 Å². The minimum Gasteiger partial charge on any atom is -0.370 e. The Balaban J connectivity index is 1.73. The number of nitrogens with one attached hydrogen (secondary N) is 1. The number of benzene rings is 2. The zero-order valence-corrected chi connectivity index (χ0v) is 18.2. The molecule has 2 aromatic carbocycles. The fourth-order valence-electron chi connectivity index (χ4n) is 3.52. The maximum Gasteiger partial charge on any atom is 0.229 e. The molecule has 0 bridgehead atoms. The summed E-state index contributed by atoms with van der Waals surface area (Å²) in [7, 11) is 1.53. The Bertz CT molecular complexity index is 1280. The first kappa shape index (κ1) is 20.3. The Kier molecular flexibility index (Phi) is 5.45. The van der Waals surface area contributed by atoms with Crippen molar-refractivity contribution in [2.75, 3.05) is 7.05 Å². The molecule has 4 rings (SSSR count). The van der Waals surface area contributed by atoms with Crippen molar-refractivity contribution in [1.82, 2.24) is 9.88 Å². The zero-order chi connectivity index (χ0) is 21.4. The Morgan fingerprint density at radius 2 is 1.90 bits per heavy atom. The van der Waals surface area contributed by atoms with Crippen LogP contribution in [0.2, 0.25) is 5.15 Å². The van der Waals surface area contributed by atoms with Gasteiger partial charge in [-0.3, -0.25) is 15.1 Å². The predicted octanol–water partition coefficient (Wildman–Crippen LogP) is 5.62. The van der Waals surface area contributed by atoms with Crippen LogP contribution in [0.25, 0.3) is 31.3 Å². The van der Waals surface area contributed by atoms with Crippen LogP contribution in [-0.2, 0) is 4.79 Å². The molecule has 0 saturated heterocycles. The Morgan fingerprint density at radius 1 is 1.20 bits per heavy atom. The number of hydrogen-bond donors (Lipinski definition) is 2. The molecule has 30 heavy (non-hydrogen) atoms. The minimum absolute atomic E-state index is 0.00889. The second-order valence-corrected chi connectivity index (χ2v) is 8.80. The number of nitrogens with two attached hydrogens (primary N) is 1. The minimum atomic E-state index is -0.243. The van der Waals surface area contributed by atoms with Gasteiger partial charge < -0.3 is 5.73 Å². The number of amides is 1. The fourth-order valence-corrected chi connectivity index (χ4v) is 4.82. The van der Waals surface area contributed by atoms with Crippen LogP contribution in [0.5, 0.6) is 0 Å². The topological polar surface area (TPSA) is 83.1 Å². The molecule has 0 spiro atoms. The van der Waals surface area contributed by atoms with Crippen molar-refractivity contribution < 1.29 is 4.79 Å². The number of guanidine groups is 1. The molecule has 1 atom stereocenters. The molecule has 2 heterocycles. The Labute approximate surface area is 183 Å². The smallest absolute Gasteiger partial charge is 0.229 e. The van der Waals surface area contributed by atoms with E-state index in [9.17, 15) is 4.79 Å². The van der Waals surface area contributed by atoms with Crippen molar-refractivity contribution in [3.63, 3.8) is 0 Å². The van der Waals surface area contributed by atoms with Gasteiger partial charge in [-0.15, -0.1) is 11.3 Å². The van der Waals surface area contributed by atoms with Crippen LogP contribution in [-0.4, -0.2) is 28.8 Å². The molecule has 1 amide bonds. The highest BCUT2D eigenvalue weighted by atomic mass is 35.5. The molecule has 4 aromatic rings. The van der Waals surface area contributed by atoms with Crippen molar-refractivity contribution >= 4 is 55.0 Å². The summed E-state index contributed by atoms with van der Waals surface area (Å²) in [5, 5.41) is 10.2. The average Bonchev–Trinajstić information content (AvgIpc) is 3.10. The number of rotatable bonds is 4. The highest BCUT2D eigenvalue weighted by Gasteiger charge is 2.18. The summed E-state index contributed by atoms with van der Waals surface area (Å²) < 4.78 is 2.40. The summed E-state index contributed by atoms with van der Waals surface area (Å²) in [6, 6.07) is 16.5. The number of carbonyl (C=O) groups excluding carboxylic acids is 1. The zero-order valence-electron chi connectivity index (χ0n) is 16.6. The van der Waals surface area contributed by atoms with Gasteiger partial charge in [-0.05, 0) is 53.4 Å². The molecular formula is C23H21ClN4OS. The van der Waals surface area contributed by atoms with Gasteiger partial charge in [0, 0.05) is 45.4 Å². The molecule has 152 valence electrons. The van der Waals surface area contributed by atoms with Crippen LogP contribution >= 0.6 is 22.9 Å². The van der Waals surface area contributed by atoms with E-state index < -0.39 is 0 Å². The van der Waals surface area contributed by atoms with Crippen LogP contribution in [0.4, 0.5) is 0 Å². The van der Waals surface area contributed by atoms with Crippen LogP contribution in [0.15, 0.2) is 54.7 Å². The average molecular weight is 437 g/mol. The third-order valence-electron chi connectivity index (χ3n) is 5.35. The van der Waals surface area contributed by atoms with Crippen molar-refractivity contribution in [2.24, 2.45) is 5.73 Å². The molecule has 0 radical (unpaired) electrons. The lowest BCUT2D eigenvalue weighted by Crippen LogP contribution is -2.38. The van der Waals surface area contributed by atoms with Crippen LogP contribution in [0, 0.1) is 5.41 Å². The number of hydrogen-bond acceptors (Lipinski definition) is 4. The van der Waals surface area contributed by atoms with Gasteiger partial charge >= 0.3 is 0 Å². The number of carbonyl (C=O) groups is 1. The molecule has 0 aliphatic rings. The van der Waals surface area contributed by atoms with E-state index in [0.29, 0.717) is 11.6 Å². The molecular weight excluding hydrogens is 416 g/mol. The van der Waals surface area contributed by atoms with Gasteiger partial charge in [0.25, 0.3) is 0 Å². The summed E-state index contributed by atoms with van der Waals surface area (Å²) in [4.78, 5) is 17.7. The van der Waals surface area contributed by atoms with E-state index >= 15 is 0 Å². The molecule has 0 aliphatic carbocycles. The summed E-state index contributed by atoms with van der Waals surface area (Å²) in [5.41, 5.74) is 8.43. The molecule has 2 aromatic heterocycles. The van der Waals surface area contributed by atoms with E-state index in [1.807, 2.05) is 19.1 Å². The number of pyridine rings is 1. The molecule has 0 fully saturated rings. The fraction of sp³-hybridized carbons (Fsp3) is 0.174. The van der Waals surface area contributed by atoms with Gasteiger partial charge in [0.1, 0.15) is 5.15 Å². The van der Waals surface area contributed by atoms with E-state index in [-0.39, 0.29) is 17.8 Å². The van der Waals surface area contributed by atoms with Crippen molar-refractivity contribution in [1.29, 1.82) is 5.41 Å². The summed E-state index contributed by atoms with van der Waals surface area (Å²) >= 11 is 8.04. The molecule has 7 heteroatoms. The van der Waals surface area contributed by atoms with Gasteiger partial charge in [0.2, 0.25) is 5.91 Å². The lowest BCUT2D eigenvalue weighted by molar-refractivity contribution is -0.126. The Morgan fingerprint density at radius 3 is 2.60 bits per heavy atom. The lowest BCUT2D eigenvalue weighted by atomic mass is 9.95. The summed E-state index contributed by atoms with van der Waals surface area (Å²) in [5.74, 6) is -0.401.